The SMILES string of the molecule is C[C@H](CCC(=O)O)[C@H]1CC[C@H]2[C@@H]3[C@@H](O)CC4C[C@@H](OC(=O)CBr)CC[C@]4(C)[C@H]3CC[C@]12C. The van der Waals surface area contributed by atoms with Crippen LogP contribution in [-0.4, -0.2) is 39.7 Å². The van der Waals surface area contributed by atoms with E-state index in [2.05, 4.69) is 36.7 Å². The molecular weight excluding hydrogens is 472 g/mol. The van der Waals surface area contributed by atoms with Crippen molar-refractivity contribution in [3.8, 4) is 0 Å². The van der Waals surface area contributed by atoms with Crippen molar-refractivity contribution >= 4 is 27.9 Å². The van der Waals surface area contributed by atoms with Crippen LogP contribution in [0, 0.1) is 46.3 Å². The zero-order valence-electron chi connectivity index (χ0n) is 19.9. The van der Waals surface area contributed by atoms with Gasteiger partial charge in [-0.05, 0) is 104 Å². The summed E-state index contributed by atoms with van der Waals surface area (Å²) in [6.07, 6.45) is 9.14. The van der Waals surface area contributed by atoms with E-state index in [1.807, 2.05) is 0 Å². The van der Waals surface area contributed by atoms with Crippen LogP contribution in [0.15, 0.2) is 0 Å². The van der Waals surface area contributed by atoms with Crippen LogP contribution < -0.4 is 0 Å². The van der Waals surface area contributed by atoms with Crippen molar-refractivity contribution in [2.24, 2.45) is 46.3 Å². The van der Waals surface area contributed by atoms with Crippen LogP contribution in [0.2, 0.25) is 0 Å². The van der Waals surface area contributed by atoms with Crippen LogP contribution in [0.3, 0.4) is 0 Å². The summed E-state index contributed by atoms with van der Waals surface area (Å²) in [6.45, 7) is 7.15. The summed E-state index contributed by atoms with van der Waals surface area (Å²) < 4.78 is 5.66. The lowest BCUT2D eigenvalue weighted by atomic mass is 9.43. The van der Waals surface area contributed by atoms with Crippen LogP contribution >= 0.6 is 15.9 Å². The van der Waals surface area contributed by atoms with Crippen LogP contribution in [0.1, 0.15) is 85.0 Å². The molecule has 1 unspecified atom stereocenters. The van der Waals surface area contributed by atoms with Crippen LogP contribution in [-0.2, 0) is 14.3 Å². The van der Waals surface area contributed by atoms with E-state index < -0.39 is 5.97 Å². The molecule has 0 aliphatic heterocycles. The van der Waals surface area contributed by atoms with E-state index in [0.29, 0.717) is 35.5 Å². The maximum atomic E-state index is 11.8. The van der Waals surface area contributed by atoms with Gasteiger partial charge in [0.2, 0.25) is 0 Å². The number of alkyl halides is 1. The number of hydrogen-bond acceptors (Lipinski definition) is 4. The first-order chi connectivity index (χ1) is 15.1. The predicted octanol–water partition coefficient (Wildman–Crippen LogP) is 5.42. The zero-order chi connectivity index (χ0) is 23.3. The third-order valence-corrected chi connectivity index (χ3v) is 11.1. The number of aliphatic hydroxyl groups excluding tert-OH is 1. The Morgan fingerprint density at radius 3 is 2.44 bits per heavy atom. The van der Waals surface area contributed by atoms with E-state index >= 15 is 0 Å². The van der Waals surface area contributed by atoms with E-state index in [1.54, 1.807) is 0 Å². The van der Waals surface area contributed by atoms with Crippen LogP contribution in [0.25, 0.3) is 0 Å². The summed E-state index contributed by atoms with van der Waals surface area (Å²) >= 11 is 3.20. The van der Waals surface area contributed by atoms with Gasteiger partial charge in [-0.25, -0.2) is 0 Å². The van der Waals surface area contributed by atoms with Gasteiger partial charge in [0.05, 0.1) is 6.10 Å². The summed E-state index contributed by atoms with van der Waals surface area (Å²) in [5, 5.41) is 20.8. The molecule has 4 rings (SSSR count). The highest BCUT2D eigenvalue weighted by Crippen LogP contribution is 2.68. The Morgan fingerprint density at radius 2 is 1.75 bits per heavy atom. The molecule has 0 aromatic carbocycles. The van der Waals surface area contributed by atoms with Crippen molar-refractivity contribution < 1.29 is 24.5 Å². The van der Waals surface area contributed by atoms with Gasteiger partial charge in [0.1, 0.15) is 11.4 Å². The summed E-state index contributed by atoms with van der Waals surface area (Å²) in [7, 11) is 0. The average molecular weight is 514 g/mol. The number of carbonyl (C=O) groups excluding carboxylic acids is 1. The second-order valence-corrected chi connectivity index (χ2v) is 12.5. The third kappa shape index (κ3) is 4.16. The molecule has 0 bridgehead atoms. The highest BCUT2D eigenvalue weighted by atomic mass is 79.9. The molecule has 4 aliphatic carbocycles. The topological polar surface area (TPSA) is 83.8 Å². The van der Waals surface area contributed by atoms with Gasteiger partial charge in [-0.3, -0.25) is 9.59 Å². The fourth-order valence-electron chi connectivity index (χ4n) is 9.04. The molecule has 182 valence electrons. The number of aliphatic carboxylic acids is 1. The fourth-order valence-corrected chi connectivity index (χ4v) is 9.17. The molecule has 0 heterocycles. The average Bonchev–Trinajstić information content (AvgIpc) is 3.10. The first-order valence-electron chi connectivity index (χ1n) is 12.8. The van der Waals surface area contributed by atoms with Gasteiger partial charge in [-0.1, -0.05) is 36.7 Å². The molecule has 32 heavy (non-hydrogen) atoms. The van der Waals surface area contributed by atoms with E-state index in [9.17, 15) is 14.7 Å². The smallest absolute Gasteiger partial charge is 0.316 e. The van der Waals surface area contributed by atoms with E-state index in [1.165, 1.54) is 19.3 Å². The minimum absolute atomic E-state index is 0.0123. The minimum atomic E-state index is -0.695. The van der Waals surface area contributed by atoms with Crippen molar-refractivity contribution in [2.45, 2.75) is 97.2 Å². The standard InChI is InChI=1S/C26H41BrO5/c1-15(4-7-22(29)30)18-5-6-19-24-20(9-11-26(18,19)3)25(2)10-8-17(32-23(31)14-27)12-16(25)13-21(24)28/h15-21,24,28H,4-14H2,1-3H3,(H,29,30)/t15-,16?,17+,18-,19+,20+,21+,24+,25+,26-/m1/s1. The van der Waals surface area contributed by atoms with Gasteiger partial charge in [0, 0.05) is 6.42 Å². The molecule has 0 aromatic heterocycles. The Morgan fingerprint density at radius 1 is 1.06 bits per heavy atom. The molecular formula is C26H41BrO5. The van der Waals surface area contributed by atoms with Crippen molar-refractivity contribution in [3.63, 3.8) is 0 Å². The van der Waals surface area contributed by atoms with E-state index in [4.69, 9.17) is 9.84 Å². The fraction of sp³-hybridized carbons (Fsp3) is 0.923. The van der Waals surface area contributed by atoms with Crippen molar-refractivity contribution in [3.05, 3.63) is 0 Å². The summed E-state index contributed by atoms with van der Waals surface area (Å²) in [5.74, 6) is 1.94. The van der Waals surface area contributed by atoms with Crippen molar-refractivity contribution in [1.29, 1.82) is 0 Å². The van der Waals surface area contributed by atoms with Crippen LogP contribution in [0.5, 0.6) is 0 Å². The minimum Gasteiger partial charge on any atom is -0.481 e. The quantitative estimate of drug-likeness (QED) is 0.366. The number of fused-ring (bicyclic) bond motifs is 5. The maximum Gasteiger partial charge on any atom is 0.316 e. The molecule has 6 heteroatoms. The van der Waals surface area contributed by atoms with E-state index in [-0.39, 0.29) is 40.8 Å². The van der Waals surface area contributed by atoms with Gasteiger partial charge in [0.25, 0.3) is 0 Å². The Bertz CT molecular complexity index is 727. The molecule has 0 spiro atoms. The highest BCUT2D eigenvalue weighted by Gasteiger charge is 2.63. The molecule has 10 atom stereocenters. The lowest BCUT2D eigenvalue weighted by molar-refractivity contribution is -0.182. The molecule has 5 nitrogen and oxygen atoms in total. The van der Waals surface area contributed by atoms with Crippen molar-refractivity contribution in [2.75, 3.05) is 5.33 Å². The molecule has 4 aliphatic rings. The van der Waals surface area contributed by atoms with Gasteiger partial charge < -0.3 is 14.9 Å². The van der Waals surface area contributed by atoms with Crippen molar-refractivity contribution in [1.82, 2.24) is 0 Å². The molecule has 0 radical (unpaired) electrons. The number of ether oxygens (including phenoxy) is 1. The van der Waals surface area contributed by atoms with Crippen LogP contribution in [0.4, 0.5) is 0 Å². The first-order valence-corrected chi connectivity index (χ1v) is 13.9. The number of hydrogen-bond donors (Lipinski definition) is 2. The van der Waals surface area contributed by atoms with Gasteiger partial charge in [-0.2, -0.15) is 0 Å². The molecule has 4 fully saturated rings. The number of carbonyl (C=O) groups is 2. The Balaban J connectivity index is 1.50. The van der Waals surface area contributed by atoms with Gasteiger partial charge in [-0.15, -0.1) is 0 Å². The van der Waals surface area contributed by atoms with E-state index in [0.717, 1.165) is 38.5 Å². The first kappa shape index (κ1) is 24.5. The Hall–Kier alpha value is -0.620. The Labute approximate surface area is 201 Å². The summed E-state index contributed by atoms with van der Waals surface area (Å²) in [6, 6.07) is 0. The number of carboxylic acids is 1. The zero-order valence-corrected chi connectivity index (χ0v) is 21.5. The Kier molecular flexibility index (Phi) is 7.05. The molecule has 2 N–H and O–H groups in total. The summed E-state index contributed by atoms with van der Waals surface area (Å²) in [4.78, 5) is 22.9. The lowest BCUT2D eigenvalue weighted by Crippen LogP contribution is -2.58. The number of aliphatic hydroxyl groups is 1. The second kappa shape index (κ2) is 9.20. The third-order valence-electron chi connectivity index (χ3n) is 10.6. The summed E-state index contributed by atoms with van der Waals surface area (Å²) in [5.41, 5.74) is 0.432. The van der Waals surface area contributed by atoms with Gasteiger partial charge >= 0.3 is 11.9 Å². The molecule has 0 amide bonds. The molecule has 4 saturated carbocycles. The van der Waals surface area contributed by atoms with Gasteiger partial charge in [0.15, 0.2) is 0 Å². The number of esters is 1. The predicted molar refractivity (Wildman–Crippen MR) is 126 cm³/mol. The number of rotatable bonds is 6. The normalized spacial score (nSPS) is 46.5. The molecule has 0 aromatic rings. The number of carboxylic acid groups (broad SMARTS) is 1. The lowest BCUT2D eigenvalue weighted by Gasteiger charge is -2.62. The monoisotopic (exact) mass is 512 g/mol. The largest absolute Gasteiger partial charge is 0.481 e. The molecule has 0 saturated heterocycles. The second-order valence-electron chi connectivity index (χ2n) is 12.0. The number of halogens is 1. The highest BCUT2D eigenvalue weighted by molar-refractivity contribution is 9.09. The maximum absolute atomic E-state index is 11.8.